The summed E-state index contributed by atoms with van der Waals surface area (Å²) < 4.78 is 28.3. The van der Waals surface area contributed by atoms with E-state index in [0.717, 1.165) is 19.5 Å². The summed E-state index contributed by atoms with van der Waals surface area (Å²) in [6, 6.07) is 4.45. The van der Waals surface area contributed by atoms with E-state index in [0.29, 0.717) is 66.2 Å². The summed E-state index contributed by atoms with van der Waals surface area (Å²) in [7, 11) is 0. The maximum absolute atomic E-state index is 14.1. The predicted octanol–water partition coefficient (Wildman–Crippen LogP) is 2.29. The molecule has 166 valence electrons. The predicted molar refractivity (Wildman–Crippen MR) is 114 cm³/mol. The first kappa shape index (κ1) is 19.6. The van der Waals surface area contributed by atoms with Gasteiger partial charge in [-0.25, -0.2) is 9.37 Å². The van der Waals surface area contributed by atoms with E-state index in [1.54, 1.807) is 21.4 Å². The molecule has 2 atom stereocenters. The Bertz CT molecular complexity index is 1370. The van der Waals surface area contributed by atoms with Crippen molar-refractivity contribution >= 4 is 16.6 Å². The van der Waals surface area contributed by atoms with Crippen LogP contribution in [0.3, 0.4) is 0 Å². The van der Waals surface area contributed by atoms with Crippen molar-refractivity contribution in [3.05, 3.63) is 46.5 Å². The molecule has 0 bridgehead atoms. The molecule has 2 fully saturated rings. The van der Waals surface area contributed by atoms with E-state index in [-0.39, 0.29) is 11.4 Å². The highest BCUT2D eigenvalue weighted by molar-refractivity contribution is 5.83. The van der Waals surface area contributed by atoms with Gasteiger partial charge >= 0.3 is 0 Å². The van der Waals surface area contributed by atoms with Crippen LogP contribution >= 0.6 is 0 Å². The lowest BCUT2D eigenvalue weighted by atomic mass is 10.2. The topological polar surface area (TPSA) is 90.7 Å². The monoisotopic (exact) mass is 438 g/mol. The van der Waals surface area contributed by atoms with Gasteiger partial charge < -0.3 is 13.8 Å². The Morgan fingerprint density at radius 2 is 2.00 bits per heavy atom. The van der Waals surface area contributed by atoms with Crippen molar-refractivity contribution in [2.24, 2.45) is 5.92 Å². The van der Waals surface area contributed by atoms with Crippen LogP contribution in [0.25, 0.3) is 28.1 Å². The van der Waals surface area contributed by atoms with E-state index in [4.69, 9.17) is 9.26 Å². The molecule has 32 heavy (non-hydrogen) atoms. The van der Waals surface area contributed by atoms with Crippen molar-refractivity contribution in [1.29, 1.82) is 0 Å². The molecule has 4 aromatic rings. The van der Waals surface area contributed by atoms with Gasteiger partial charge in [-0.1, -0.05) is 12.1 Å². The number of hydrogen-bond donors (Lipinski definition) is 0. The lowest BCUT2D eigenvalue weighted by Gasteiger charge is -2.27. The van der Waals surface area contributed by atoms with Gasteiger partial charge in [0, 0.05) is 32.1 Å². The largest absolute Gasteiger partial charge is 0.379 e. The zero-order valence-corrected chi connectivity index (χ0v) is 17.7. The zero-order valence-electron chi connectivity index (χ0n) is 17.7. The molecule has 2 unspecified atom stereocenters. The number of imidazole rings is 1. The first-order chi connectivity index (χ1) is 15.6. The van der Waals surface area contributed by atoms with Crippen molar-refractivity contribution in [3.63, 3.8) is 0 Å². The fourth-order valence-corrected chi connectivity index (χ4v) is 4.50. The van der Waals surface area contributed by atoms with Crippen molar-refractivity contribution in [2.75, 3.05) is 32.8 Å². The number of hydrogen-bond acceptors (Lipinski definition) is 7. The average Bonchev–Trinajstić information content (AvgIpc) is 3.18. The second-order valence-electron chi connectivity index (χ2n) is 8.63. The Balaban J connectivity index is 1.48. The molecular weight excluding hydrogens is 415 g/mol. The Kier molecular flexibility index (Phi) is 4.58. The summed E-state index contributed by atoms with van der Waals surface area (Å²) in [4.78, 5) is 24.8. The molecule has 1 aromatic carbocycles. The third kappa shape index (κ3) is 3.21. The van der Waals surface area contributed by atoms with Crippen LogP contribution in [0.5, 0.6) is 0 Å². The van der Waals surface area contributed by atoms with Gasteiger partial charge in [-0.15, -0.1) is 0 Å². The Morgan fingerprint density at radius 1 is 1.19 bits per heavy atom. The van der Waals surface area contributed by atoms with Gasteiger partial charge in [0.15, 0.2) is 11.5 Å². The number of halogens is 1. The summed E-state index contributed by atoms with van der Waals surface area (Å²) >= 11 is 0. The van der Waals surface area contributed by atoms with Crippen LogP contribution in [0.4, 0.5) is 4.39 Å². The molecule has 2 aliphatic rings. The molecule has 0 amide bonds. The highest BCUT2D eigenvalue weighted by Crippen LogP contribution is 2.45. The van der Waals surface area contributed by atoms with E-state index >= 15 is 0 Å². The first-order valence-corrected chi connectivity index (χ1v) is 10.9. The van der Waals surface area contributed by atoms with E-state index in [2.05, 4.69) is 26.9 Å². The second kappa shape index (κ2) is 7.49. The Labute approximate surface area is 182 Å². The van der Waals surface area contributed by atoms with Gasteiger partial charge in [-0.3, -0.25) is 14.1 Å². The molecule has 1 aliphatic heterocycles. The van der Waals surface area contributed by atoms with Gasteiger partial charge in [-0.2, -0.15) is 4.98 Å². The van der Waals surface area contributed by atoms with E-state index < -0.39 is 5.82 Å². The van der Waals surface area contributed by atoms with Crippen molar-refractivity contribution in [2.45, 2.75) is 25.8 Å². The van der Waals surface area contributed by atoms with Crippen LogP contribution in [-0.2, 0) is 11.3 Å². The second-order valence-corrected chi connectivity index (χ2v) is 8.63. The maximum Gasteiger partial charge on any atom is 0.278 e. The molecule has 10 heteroatoms. The molecule has 1 saturated heterocycles. The number of benzene rings is 1. The molecule has 4 heterocycles. The molecule has 1 aliphatic carbocycles. The highest BCUT2D eigenvalue weighted by Gasteiger charge is 2.38. The molecule has 1 saturated carbocycles. The summed E-state index contributed by atoms with van der Waals surface area (Å²) in [6.45, 7) is 6.21. The third-order valence-electron chi connectivity index (χ3n) is 6.53. The molecule has 3 aromatic heterocycles. The number of aromatic nitrogens is 5. The van der Waals surface area contributed by atoms with E-state index in [1.165, 1.54) is 12.1 Å². The first-order valence-electron chi connectivity index (χ1n) is 10.9. The molecule has 0 radical (unpaired) electrons. The van der Waals surface area contributed by atoms with Crippen LogP contribution in [0, 0.1) is 11.7 Å². The maximum atomic E-state index is 14.1. The van der Waals surface area contributed by atoms with Crippen LogP contribution in [-0.4, -0.2) is 61.8 Å². The minimum Gasteiger partial charge on any atom is -0.379 e. The lowest BCUT2D eigenvalue weighted by molar-refractivity contribution is 0.0364. The highest BCUT2D eigenvalue weighted by atomic mass is 19.1. The van der Waals surface area contributed by atoms with Crippen LogP contribution in [0.1, 0.15) is 25.1 Å². The molecule has 9 nitrogen and oxygen atoms in total. The van der Waals surface area contributed by atoms with Gasteiger partial charge in [0.05, 0.1) is 24.2 Å². The van der Waals surface area contributed by atoms with Crippen molar-refractivity contribution in [1.82, 2.24) is 29.0 Å². The summed E-state index contributed by atoms with van der Waals surface area (Å²) in [5, 5.41) is 4.10. The number of morpholine rings is 1. The summed E-state index contributed by atoms with van der Waals surface area (Å²) in [6.07, 6.45) is 2.59. The number of fused-ring (bicyclic) bond motifs is 3. The SMILES string of the molecule is CC1CC1c1noc(-c2ncn3c2c(=O)n(CCN2CCOCC2)c2cc(F)ccc23)n1. The van der Waals surface area contributed by atoms with Gasteiger partial charge in [-0.05, 0) is 30.5 Å². The summed E-state index contributed by atoms with van der Waals surface area (Å²) in [5.41, 5.74) is 1.66. The van der Waals surface area contributed by atoms with Gasteiger partial charge in [0.1, 0.15) is 17.7 Å². The Hall–Kier alpha value is -3.11. The average molecular weight is 438 g/mol. The van der Waals surface area contributed by atoms with Crippen molar-refractivity contribution in [3.8, 4) is 11.6 Å². The van der Waals surface area contributed by atoms with Crippen molar-refractivity contribution < 1.29 is 13.7 Å². The summed E-state index contributed by atoms with van der Waals surface area (Å²) in [5.74, 6) is 1.34. The quantitative estimate of drug-likeness (QED) is 0.472. The Morgan fingerprint density at radius 3 is 2.78 bits per heavy atom. The van der Waals surface area contributed by atoms with Crippen LogP contribution in [0.2, 0.25) is 0 Å². The van der Waals surface area contributed by atoms with E-state index in [1.807, 2.05) is 0 Å². The molecule has 0 N–H and O–H groups in total. The fraction of sp³-hybridized carbons (Fsp3) is 0.455. The third-order valence-corrected chi connectivity index (χ3v) is 6.53. The number of ether oxygens (including phenoxy) is 1. The zero-order chi connectivity index (χ0) is 21.8. The minimum absolute atomic E-state index is 0.236. The van der Waals surface area contributed by atoms with Gasteiger partial charge in [0.2, 0.25) is 0 Å². The molecular formula is C22H23FN6O3. The number of rotatable bonds is 5. The molecule has 6 rings (SSSR count). The lowest BCUT2D eigenvalue weighted by Crippen LogP contribution is -2.39. The smallest absolute Gasteiger partial charge is 0.278 e. The van der Waals surface area contributed by atoms with Crippen LogP contribution in [0.15, 0.2) is 33.8 Å². The fourth-order valence-electron chi connectivity index (χ4n) is 4.50. The minimum atomic E-state index is -0.392. The normalized spacial score (nSPS) is 21.6. The van der Waals surface area contributed by atoms with E-state index in [9.17, 15) is 9.18 Å². The molecule has 0 spiro atoms. The number of nitrogens with zero attached hydrogens (tertiary/aromatic N) is 6. The van der Waals surface area contributed by atoms with Gasteiger partial charge in [0.25, 0.3) is 11.4 Å². The van der Waals surface area contributed by atoms with Crippen LogP contribution < -0.4 is 5.56 Å². The standard InChI is InChI=1S/C22H23FN6O3/c1-13-10-15(13)20-25-21(32-26-20)18-19-22(30)28(5-4-27-6-8-31-9-7-27)17-11-14(23)2-3-16(17)29(19)12-24-18/h2-3,11-13,15H,4-10H2,1H3.